The van der Waals surface area contributed by atoms with Gasteiger partial charge in [0.25, 0.3) is 0 Å². The Bertz CT molecular complexity index is 655. The van der Waals surface area contributed by atoms with Gasteiger partial charge in [0.2, 0.25) is 5.91 Å². The number of amides is 1. The van der Waals surface area contributed by atoms with Gasteiger partial charge in [0.15, 0.2) is 0 Å². The van der Waals surface area contributed by atoms with Crippen molar-refractivity contribution in [2.24, 2.45) is 0 Å². The number of ether oxygens (including phenoxy) is 1. The number of aryl methyl sites for hydroxylation is 2. The lowest BCUT2D eigenvalue weighted by molar-refractivity contribution is -0.116. The van der Waals surface area contributed by atoms with Gasteiger partial charge in [0, 0.05) is 16.6 Å². The highest BCUT2D eigenvalue weighted by Crippen LogP contribution is 2.18. The lowest BCUT2D eigenvalue weighted by Crippen LogP contribution is -2.13. The molecule has 0 aliphatic heterocycles. The second-order valence-corrected chi connectivity index (χ2v) is 6.19. The summed E-state index contributed by atoms with van der Waals surface area (Å²) in [5.41, 5.74) is 3.10. The minimum absolute atomic E-state index is 0.0199. The van der Waals surface area contributed by atoms with E-state index in [0.717, 1.165) is 27.0 Å². The zero-order chi connectivity index (χ0) is 15.9. The molecule has 0 aliphatic carbocycles. The van der Waals surface area contributed by atoms with E-state index in [4.69, 9.17) is 4.74 Å². The van der Waals surface area contributed by atoms with Gasteiger partial charge in [0.05, 0.1) is 6.61 Å². The first-order valence-corrected chi connectivity index (χ1v) is 8.09. The van der Waals surface area contributed by atoms with Crippen LogP contribution in [-0.4, -0.2) is 12.5 Å². The van der Waals surface area contributed by atoms with Gasteiger partial charge in [-0.3, -0.25) is 4.79 Å². The highest BCUT2D eigenvalue weighted by atomic mass is 79.9. The number of carbonyl (C=O) groups excluding carboxylic acids is 1. The van der Waals surface area contributed by atoms with Gasteiger partial charge in [-0.2, -0.15) is 0 Å². The maximum Gasteiger partial charge on any atom is 0.224 e. The molecule has 2 aromatic rings. The minimum atomic E-state index is 0.0199. The lowest BCUT2D eigenvalue weighted by Gasteiger charge is -2.10. The molecule has 2 aromatic carbocycles. The van der Waals surface area contributed by atoms with Crippen molar-refractivity contribution in [3.63, 3.8) is 0 Å². The molecule has 0 aromatic heterocycles. The first-order chi connectivity index (χ1) is 10.5. The molecule has 0 saturated heterocycles. The minimum Gasteiger partial charge on any atom is -0.494 e. The average molecular weight is 362 g/mol. The Morgan fingerprint density at radius 3 is 2.77 bits per heavy atom. The van der Waals surface area contributed by atoms with Crippen LogP contribution in [0, 0.1) is 13.8 Å². The quantitative estimate of drug-likeness (QED) is 0.745. The van der Waals surface area contributed by atoms with Crippen LogP contribution in [0.3, 0.4) is 0 Å². The van der Waals surface area contributed by atoms with Crippen LogP contribution in [-0.2, 0) is 4.79 Å². The first-order valence-electron chi connectivity index (χ1n) is 7.30. The van der Waals surface area contributed by atoms with Crippen molar-refractivity contribution < 1.29 is 9.53 Å². The van der Waals surface area contributed by atoms with E-state index in [1.54, 1.807) is 0 Å². The van der Waals surface area contributed by atoms with Gasteiger partial charge in [-0.25, -0.2) is 0 Å². The summed E-state index contributed by atoms with van der Waals surface area (Å²) in [5, 5.41) is 2.96. The summed E-state index contributed by atoms with van der Waals surface area (Å²) in [6.45, 7) is 4.53. The predicted molar refractivity (Wildman–Crippen MR) is 93.4 cm³/mol. The molecule has 0 bridgehead atoms. The summed E-state index contributed by atoms with van der Waals surface area (Å²) in [6.07, 6.45) is 1.13. The molecule has 0 atom stereocenters. The summed E-state index contributed by atoms with van der Waals surface area (Å²) in [5.74, 6) is 0.829. The van der Waals surface area contributed by atoms with E-state index in [-0.39, 0.29) is 5.91 Å². The molecule has 0 saturated carbocycles. The number of carbonyl (C=O) groups is 1. The van der Waals surface area contributed by atoms with Gasteiger partial charge >= 0.3 is 0 Å². The molecule has 116 valence electrons. The zero-order valence-electron chi connectivity index (χ0n) is 12.9. The van der Waals surface area contributed by atoms with Crippen LogP contribution in [0.2, 0.25) is 0 Å². The van der Waals surface area contributed by atoms with Crippen molar-refractivity contribution >= 4 is 27.5 Å². The zero-order valence-corrected chi connectivity index (χ0v) is 14.4. The van der Waals surface area contributed by atoms with Crippen molar-refractivity contribution in [1.29, 1.82) is 0 Å². The number of anilines is 1. The number of nitrogens with one attached hydrogen (secondary N) is 1. The van der Waals surface area contributed by atoms with Crippen molar-refractivity contribution in [2.45, 2.75) is 26.7 Å². The van der Waals surface area contributed by atoms with Crippen molar-refractivity contribution in [2.75, 3.05) is 11.9 Å². The van der Waals surface area contributed by atoms with Crippen LogP contribution >= 0.6 is 15.9 Å². The summed E-state index contributed by atoms with van der Waals surface area (Å²) < 4.78 is 6.60. The molecule has 1 amide bonds. The van der Waals surface area contributed by atoms with Gasteiger partial charge in [-0.15, -0.1) is 0 Å². The number of rotatable bonds is 6. The second kappa shape index (κ2) is 7.99. The standard InChI is InChI=1S/C18H20BrNO2/c1-13-8-9-14(2)17(11-13)20-18(21)7-4-10-22-16-6-3-5-15(19)12-16/h3,5-6,8-9,11-12H,4,7,10H2,1-2H3,(H,20,21). The number of hydrogen-bond acceptors (Lipinski definition) is 2. The number of halogens is 1. The summed E-state index contributed by atoms with van der Waals surface area (Å²) in [6, 6.07) is 13.7. The van der Waals surface area contributed by atoms with E-state index >= 15 is 0 Å². The van der Waals surface area contributed by atoms with Gasteiger partial charge < -0.3 is 10.1 Å². The molecule has 0 heterocycles. The Balaban J connectivity index is 1.75. The Hall–Kier alpha value is -1.81. The summed E-state index contributed by atoms with van der Waals surface area (Å²) in [4.78, 5) is 12.0. The van der Waals surface area contributed by atoms with Crippen LogP contribution in [0.1, 0.15) is 24.0 Å². The summed E-state index contributed by atoms with van der Waals surface area (Å²) in [7, 11) is 0. The highest BCUT2D eigenvalue weighted by Gasteiger charge is 2.05. The first kappa shape index (κ1) is 16.6. The fourth-order valence-corrected chi connectivity index (χ4v) is 2.44. The van der Waals surface area contributed by atoms with E-state index in [9.17, 15) is 4.79 Å². The van der Waals surface area contributed by atoms with Crippen molar-refractivity contribution in [3.8, 4) is 5.75 Å². The molecule has 2 rings (SSSR count). The lowest BCUT2D eigenvalue weighted by atomic mass is 10.1. The fourth-order valence-electron chi connectivity index (χ4n) is 2.06. The Labute approximate surface area is 139 Å². The van der Waals surface area contributed by atoms with Crippen LogP contribution in [0.5, 0.6) is 5.75 Å². The Kier molecular flexibility index (Phi) is 6.01. The maximum atomic E-state index is 12.0. The molecule has 0 radical (unpaired) electrons. The molecule has 3 nitrogen and oxygen atoms in total. The monoisotopic (exact) mass is 361 g/mol. The van der Waals surface area contributed by atoms with Crippen molar-refractivity contribution in [1.82, 2.24) is 0 Å². The van der Waals surface area contributed by atoms with E-state index in [1.807, 2.05) is 56.3 Å². The molecule has 0 unspecified atom stereocenters. The predicted octanol–water partition coefficient (Wildman–Crippen LogP) is 4.86. The third kappa shape index (κ3) is 5.19. The van der Waals surface area contributed by atoms with Crippen LogP contribution in [0.4, 0.5) is 5.69 Å². The van der Waals surface area contributed by atoms with E-state index < -0.39 is 0 Å². The van der Waals surface area contributed by atoms with E-state index in [1.165, 1.54) is 0 Å². The number of hydrogen-bond donors (Lipinski definition) is 1. The summed E-state index contributed by atoms with van der Waals surface area (Å²) >= 11 is 3.40. The molecular weight excluding hydrogens is 342 g/mol. The fraction of sp³-hybridized carbons (Fsp3) is 0.278. The van der Waals surface area contributed by atoms with E-state index in [2.05, 4.69) is 21.2 Å². The second-order valence-electron chi connectivity index (χ2n) is 5.28. The van der Waals surface area contributed by atoms with Gasteiger partial charge in [-0.05, 0) is 55.7 Å². The SMILES string of the molecule is Cc1ccc(C)c(NC(=O)CCCOc2cccc(Br)c2)c1. The largest absolute Gasteiger partial charge is 0.494 e. The molecule has 4 heteroatoms. The Morgan fingerprint density at radius 2 is 2.00 bits per heavy atom. The normalized spacial score (nSPS) is 10.3. The molecule has 0 fully saturated rings. The van der Waals surface area contributed by atoms with Crippen molar-refractivity contribution in [3.05, 3.63) is 58.1 Å². The van der Waals surface area contributed by atoms with Crippen LogP contribution < -0.4 is 10.1 Å². The smallest absolute Gasteiger partial charge is 0.224 e. The Morgan fingerprint density at radius 1 is 1.18 bits per heavy atom. The van der Waals surface area contributed by atoms with Crippen LogP contribution in [0.25, 0.3) is 0 Å². The number of benzene rings is 2. The third-order valence-electron chi connectivity index (χ3n) is 3.28. The molecule has 0 aliphatic rings. The van der Waals surface area contributed by atoms with Gasteiger partial charge in [0.1, 0.15) is 5.75 Å². The molecule has 22 heavy (non-hydrogen) atoms. The van der Waals surface area contributed by atoms with Gasteiger partial charge in [-0.1, -0.05) is 34.1 Å². The topological polar surface area (TPSA) is 38.3 Å². The van der Waals surface area contributed by atoms with E-state index in [0.29, 0.717) is 19.4 Å². The molecular formula is C18H20BrNO2. The van der Waals surface area contributed by atoms with Crippen LogP contribution in [0.15, 0.2) is 46.9 Å². The average Bonchev–Trinajstić information content (AvgIpc) is 2.48. The maximum absolute atomic E-state index is 12.0. The molecule has 0 spiro atoms. The highest BCUT2D eigenvalue weighted by molar-refractivity contribution is 9.10. The third-order valence-corrected chi connectivity index (χ3v) is 3.77. The molecule has 1 N–H and O–H groups in total.